The Balaban J connectivity index is 3.27. The second-order valence-corrected chi connectivity index (χ2v) is 2.77. The summed E-state index contributed by atoms with van der Waals surface area (Å²) in [7, 11) is 1.51. The van der Waals surface area contributed by atoms with Crippen LogP contribution >= 0.6 is 0 Å². The van der Waals surface area contributed by atoms with Gasteiger partial charge in [0.1, 0.15) is 0 Å². The molecule has 0 aliphatic carbocycles. The maximum Gasteiger partial charge on any atom is 0.164 e. The van der Waals surface area contributed by atoms with Crippen LogP contribution < -0.4 is 4.74 Å². The Morgan fingerprint density at radius 3 is 2.54 bits per heavy atom. The Bertz CT molecular complexity index is 294. The van der Waals surface area contributed by atoms with E-state index in [1.165, 1.54) is 13.2 Å². The van der Waals surface area contributed by atoms with Crippen LogP contribution in [0.5, 0.6) is 11.5 Å². The Hall–Kier alpha value is -1.22. The molecular weight excluding hydrogens is 168 g/mol. The fraction of sp³-hybridized carbons (Fsp3) is 0.400. The second-order valence-electron chi connectivity index (χ2n) is 2.77. The molecule has 0 radical (unpaired) electrons. The molecule has 0 atom stereocenters. The molecule has 1 aromatic carbocycles. The van der Waals surface area contributed by atoms with Gasteiger partial charge in [-0.3, -0.25) is 0 Å². The minimum absolute atomic E-state index is 0.0280. The van der Waals surface area contributed by atoms with E-state index in [0.717, 1.165) is 17.5 Å². The summed E-state index contributed by atoms with van der Waals surface area (Å²) in [6.07, 6.45) is 0.730. The topological polar surface area (TPSA) is 49.7 Å². The van der Waals surface area contributed by atoms with Gasteiger partial charge in [0.05, 0.1) is 13.7 Å². The van der Waals surface area contributed by atoms with Gasteiger partial charge in [0, 0.05) is 5.56 Å². The maximum absolute atomic E-state index is 9.44. The zero-order valence-corrected chi connectivity index (χ0v) is 7.87. The molecule has 3 nitrogen and oxygen atoms in total. The van der Waals surface area contributed by atoms with Crippen molar-refractivity contribution in [1.82, 2.24) is 0 Å². The van der Waals surface area contributed by atoms with Crippen molar-refractivity contribution in [3.05, 3.63) is 23.3 Å². The van der Waals surface area contributed by atoms with E-state index >= 15 is 0 Å². The number of phenols is 1. The van der Waals surface area contributed by atoms with Crippen molar-refractivity contribution in [2.24, 2.45) is 0 Å². The highest BCUT2D eigenvalue weighted by Crippen LogP contribution is 2.32. The summed E-state index contributed by atoms with van der Waals surface area (Å²) in [5, 5.41) is 18.5. The zero-order chi connectivity index (χ0) is 9.84. The lowest BCUT2D eigenvalue weighted by atomic mass is 10.0. The van der Waals surface area contributed by atoms with E-state index in [1.807, 2.05) is 6.92 Å². The first kappa shape index (κ1) is 9.86. The Morgan fingerprint density at radius 1 is 1.38 bits per heavy atom. The van der Waals surface area contributed by atoms with E-state index in [-0.39, 0.29) is 12.4 Å². The van der Waals surface area contributed by atoms with Crippen LogP contribution in [0.4, 0.5) is 0 Å². The molecule has 3 heteroatoms. The Morgan fingerprint density at radius 2 is 2.08 bits per heavy atom. The fourth-order valence-electron chi connectivity index (χ4n) is 1.42. The summed E-state index contributed by atoms with van der Waals surface area (Å²) in [6, 6.07) is 3.24. The molecule has 0 spiro atoms. The third-order valence-corrected chi connectivity index (χ3v) is 2.06. The minimum atomic E-state index is -0.0280. The van der Waals surface area contributed by atoms with Gasteiger partial charge < -0.3 is 14.9 Å². The van der Waals surface area contributed by atoms with Gasteiger partial charge in [-0.25, -0.2) is 0 Å². The van der Waals surface area contributed by atoms with Gasteiger partial charge in [-0.15, -0.1) is 0 Å². The van der Waals surface area contributed by atoms with E-state index in [4.69, 9.17) is 9.84 Å². The number of hydrogen-bond donors (Lipinski definition) is 2. The number of methoxy groups -OCH3 is 1. The third-order valence-electron chi connectivity index (χ3n) is 2.06. The first-order chi connectivity index (χ1) is 6.24. The molecule has 0 saturated heterocycles. The van der Waals surface area contributed by atoms with Gasteiger partial charge in [-0.2, -0.15) is 0 Å². The lowest BCUT2D eigenvalue weighted by Gasteiger charge is -2.12. The zero-order valence-electron chi connectivity index (χ0n) is 7.87. The molecule has 0 aliphatic rings. The van der Waals surface area contributed by atoms with E-state index < -0.39 is 0 Å². The average Bonchev–Trinajstić information content (AvgIpc) is 2.17. The number of rotatable bonds is 3. The molecule has 1 rings (SSSR count). The normalized spacial score (nSPS) is 10.1. The number of aliphatic hydroxyl groups is 1. The molecule has 0 aromatic heterocycles. The van der Waals surface area contributed by atoms with Crippen LogP contribution in [0.3, 0.4) is 0 Å². The van der Waals surface area contributed by atoms with Gasteiger partial charge in [-0.1, -0.05) is 13.0 Å². The molecule has 72 valence electrons. The lowest BCUT2D eigenvalue weighted by molar-refractivity contribution is 0.278. The van der Waals surface area contributed by atoms with Crippen LogP contribution in [-0.2, 0) is 13.0 Å². The van der Waals surface area contributed by atoms with E-state index in [9.17, 15) is 5.11 Å². The van der Waals surface area contributed by atoms with Crippen molar-refractivity contribution in [2.75, 3.05) is 7.11 Å². The summed E-state index contributed by atoms with van der Waals surface area (Å²) in [5.41, 5.74) is 1.67. The maximum atomic E-state index is 9.44. The average molecular weight is 182 g/mol. The van der Waals surface area contributed by atoms with Gasteiger partial charge in [-0.05, 0) is 18.1 Å². The molecule has 0 saturated carbocycles. The van der Waals surface area contributed by atoms with E-state index in [0.29, 0.717) is 5.75 Å². The summed E-state index contributed by atoms with van der Waals surface area (Å²) in [5.74, 6) is 0.589. The monoisotopic (exact) mass is 182 g/mol. The van der Waals surface area contributed by atoms with Crippen LogP contribution in [0, 0.1) is 0 Å². The van der Waals surface area contributed by atoms with Crippen LogP contribution in [0.2, 0.25) is 0 Å². The molecule has 0 bridgehead atoms. The van der Waals surface area contributed by atoms with Crippen molar-refractivity contribution >= 4 is 0 Å². The van der Waals surface area contributed by atoms with Gasteiger partial charge in [0.2, 0.25) is 0 Å². The van der Waals surface area contributed by atoms with Gasteiger partial charge in [0.25, 0.3) is 0 Å². The second kappa shape index (κ2) is 4.14. The van der Waals surface area contributed by atoms with Crippen LogP contribution in [0.15, 0.2) is 12.1 Å². The highest BCUT2D eigenvalue weighted by molar-refractivity contribution is 5.49. The molecule has 13 heavy (non-hydrogen) atoms. The third kappa shape index (κ3) is 1.75. The highest BCUT2D eigenvalue weighted by atomic mass is 16.5. The standard InChI is InChI=1S/C10H14O3/c1-3-8-7(6-11)4-5-9(12)10(8)13-2/h4-5,11-12H,3,6H2,1-2H3. The number of ether oxygens (including phenoxy) is 1. The SMILES string of the molecule is CCc1c(CO)ccc(O)c1OC. The predicted molar refractivity (Wildman–Crippen MR) is 50.0 cm³/mol. The molecule has 0 unspecified atom stereocenters. The molecule has 0 aliphatic heterocycles. The van der Waals surface area contributed by atoms with Crippen LogP contribution in [0.1, 0.15) is 18.1 Å². The highest BCUT2D eigenvalue weighted by Gasteiger charge is 2.10. The van der Waals surface area contributed by atoms with Crippen LogP contribution in [-0.4, -0.2) is 17.3 Å². The number of aromatic hydroxyl groups is 1. The largest absolute Gasteiger partial charge is 0.504 e. The molecule has 0 amide bonds. The number of aliphatic hydroxyl groups excluding tert-OH is 1. The first-order valence-electron chi connectivity index (χ1n) is 4.23. The van der Waals surface area contributed by atoms with Crippen molar-refractivity contribution < 1.29 is 14.9 Å². The van der Waals surface area contributed by atoms with Crippen molar-refractivity contribution in [3.63, 3.8) is 0 Å². The molecule has 0 fully saturated rings. The quantitative estimate of drug-likeness (QED) is 0.744. The first-order valence-corrected chi connectivity index (χ1v) is 4.23. The van der Waals surface area contributed by atoms with Gasteiger partial charge >= 0.3 is 0 Å². The van der Waals surface area contributed by atoms with Crippen molar-refractivity contribution in [1.29, 1.82) is 0 Å². The summed E-state index contributed by atoms with van der Waals surface area (Å²) in [6.45, 7) is 1.93. The predicted octanol–water partition coefficient (Wildman–Crippen LogP) is 1.46. The molecule has 2 N–H and O–H groups in total. The Kier molecular flexibility index (Phi) is 3.14. The molecule has 1 aromatic rings. The summed E-state index contributed by atoms with van der Waals surface area (Å²) < 4.78 is 5.05. The molecular formula is C10H14O3. The van der Waals surface area contributed by atoms with Crippen molar-refractivity contribution in [3.8, 4) is 11.5 Å². The number of phenolic OH excluding ortho intramolecular Hbond substituents is 1. The van der Waals surface area contributed by atoms with Gasteiger partial charge in [0.15, 0.2) is 11.5 Å². The summed E-state index contributed by atoms with van der Waals surface area (Å²) in [4.78, 5) is 0. The molecule has 0 heterocycles. The van der Waals surface area contributed by atoms with E-state index in [1.54, 1.807) is 6.07 Å². The number of hydrogen-bond acceptors (Lipinski definition) is 3. The minimum Gasteiger partial charge on any atom is -0.504 e. The smallest absolute Gasteiger partial charge is 0.164 e. The lowest BCUT2D eigenvalue weighted by Crippen LogP contribution is -1.97. The summed E-state index contributed by atoms with van der Waals surface area (Å²) >= 11 is 0. The fourth-order valence-corrected chi connectivity index (χ4v) is 1.42. The van der Waals surface area contributed by atoms with Crippen LogP contribution in [0.25, 0.3) is 0 Å². The van der Waals surface area contributed by atoms with Crippen molar-refractivity contribution in [2.45, 2.75) is 20.0 Å². The number of benzene rings is 1. The Labute approximate surface area is 77.6 Å². The van der Waals surface area contributed by atoms with E-state index in [2.05, 4.69) is 0 Å².